The van der Waals surface area contributed by atoms with Crippen LogP contribution in [0.1, 0.15) is 18.7 Å². The second kappa shape index (κ2) is 4.45. The molecule has 4 heteroatoms. The van der Waals surface area contributed by atoms with Crippen LogP contribution in [0, 0.1) is 5.92 Å². The van der Waals surface area contributed by atoms with Gasteiger partial charge in [0.05, 0.1) is 0 Å². The summed E-state index contributed by atoms with van der Waals surface area (Å²) in [7, 11) is 2.06. The maximum Gasteiger partial charge on any atom is 0.159 e. The van der Waals surface area contributed by atoms with E-state index in [2.05, 4.69) is 26.9 Å². The van der Waals surface area contributed by atoms with Crippen LogP contribution in [-0.2, 0) is 13.5 Å². The first-order valence-electron chi connectivity index (χ1n) is 6.31. The minimum absolute atomic E-state index is 0.822. The van der Waals surface area contributed by atoms with E-state index in [0.717, 1.165) is 29.3 Å². The van der Waals surface area contributed by atoms with E-state index >= 15 is 0 Å². The molecule has 1 N–H and O–H groups in total. The molecule has 1 unspecified atom stereocenters. The van der Waals surface area contributed by atoms with Gasteiger partial charge in [-0.1, -0.05) is 0 Å². The fourth-order valence-corrected chi connectivity index (χ4v) is 2.59. The van der Waals surface area contributed by atoms with Gasteiger partial charge in [-0.05, 0) is 44.0 Å². The molecule has 0 aromatic carbocycles. The zero-order valence-corrected chi connectivity index (χ0v) is 10.2. The Morgan fingerprint density at radius 2 is 2.47 bits per heavy atom. The Morgan fingerprint density at radius 3 is 3.24 bits per heavy atom. The predicted molar refractivity (Wildman–Crippen MR) is 67.8 cm³/mol. The average Bonchev–Trinajstić information content (AvgIpc) is 2.96. The Bertz CT molecular complexity index is 511. The molecule has 0 saturated carbocycles. The molecule has 0 spiro atoms. The predicted octanol–water partition coefficient (Wildman–Crippen LogP) is 1.51. The summed E-state index contributed by atoms with van der Waals surface area (Å²) in [6.07, 6.45) is 5.42. The first-order valence-corrected chi connectivity index (χ1v) is 6.31. The van der Waals surface area contributed by atoms with Crippen molar-refractivity contribution in [1.82, 2.24) is 19.9 Å². The van der Waals surface area contributed by atoms with Crippen LogP contribution in [0.15, 0.2) is 18.3 Å². The van der Waals surface area contributed by atoms with Gasteiger partial charge in [0.25, 0.3) is 0 Å². The van der Waals surface area contributed by atoms with Crippen molar-refractivity contribution in [3.8, 4) is 0 Å². The summed E-state index contributed by atoms with van der Waals surface area (Å²) in [6.45, 7) is 2.34. The van der Waals surface area contributed by atoms with Gasteiger partial charge in [-0.3, -0.25) is 0 Å². The van der Waals surface area contributed by atoms with Crippen molar-refractivity contribution < 1.29 is 0 Å². The van der Waals surface area contributed by atoms with Crippen molar-refractivity contribution in [3.05, 3.63) is 24.2 Å². The van der Waals surface area contributed by atoms with Crippen LogP contribution in [0.4, 0.5) is 0 Å². The molecular weight excluding hydrogens is 212 g/mol. The third-order valence-corrected chi connectivity index (χ3v) is 3.66. The van der Waals surface area contributed by atoms with Crippen LogP contribution in [0.5, 0.6) is 0 Å². The highest BCUT2D eigenvalue weighted by Gasteiger charge is 2.16. The van der Waals surface area contributed by atoms with Gasteiger partial charge in [0.1, 0.15) is 11.3 Å². The Balaban J connectivity index is 1.78. The van der Waals surface area contributed by atoms with Gasteiger partial charge < -0.3 is 9.88 Å². The largest absolute Gasteiger partial charge is 0.316 e. The minimum atomic E-state index is 0.822. The van der Waals surface area contributed by atoms with Crippen molar-refractivity contribution in [2.24, 2.45) is 13.0 Å². The Hall–Kier alpha value is -1.42. The van der Waals surface area contributed by atoms with Crippen molar-refractivity contribution in [1.29, 1.82) is 0 Å². The van der Waals surface area contributed by atoms with Crippen LogP contribution >= 0.6 is 0 Å². The Morgan fingerprint density at radius 1 is 1.53 bits per heavy atom. The van der Waals surface area contributed by atoms with Gasteiger partial charge in [0.2, 0.25) is 0 Å². The second-order valence-corrected chi connectivity index (χ2v) is 4.83. The van der Waals surface area contributed by atoms with Gasteiger partial charge >= 0.3 is 0 Å². The van der Waals surface area contributed by atoms with Gasteiger partial charge in [-0.2, -0.15) is 0 Å². The van der Waals surface area contributed by atoms with Crippen molar-refractivity contribution in [3.63, 3.8) is 0 Å². The first-order chi connectivity index (χ1) is 8.34. The third kappa shape index (κ3) is 2.05. The number of fused-ring (bicyclic) bond motifs is 1. The maximum absolute atomic E-state index is 4.65. The van der Waals surface area contributed by atoms with Crippen LogP contribution in [-0.4, -0.2) is 27.6 Å². The number of aryl methyl sites for hydroxylation is 2. The SMILES string of the molecule is Cn1c(CCC2CCNC2)nc2cccnc21. The lowest BCUT2D eigenvalue weighted by atomic mass is 10.0. The molecule has 3 rings (SSSR count). The van der Waals surface area contributed by atoms with E-state index in [0.29, 0.717) is 0 Å². The normalized spacial score (nSPS) is 20.2. The Kier molecular flexibility index (Phi) is 2.81. The fraction of sp³-hybridized carbons (Fsp3) is 0.538. The van der Waals surface area contributed by atoms with Gasteiger partial charge in [0.15, 0.2) is 5.65 Å². The van der Waals surface area contributed by atoms with Gasteiger partial charge in [0, 0.05) is 19.7 Å². The highest BCUT2D eigenvalue weighted by atomic mass is 15.1. The summed E-state index contributed by atoms with van der Waals surface area (Å²) in [5.74, 6) is 1.98. The zero-order chi connectivity index (χ0) is 11.7. The monoisotopic (exact) mass is 230 g/mol. The summed E-state index contributed by atoms with van der Waals surface area (Å²) in [5.41, 5.74) is 2.00. The number of nitrogens with zero attached hydrogens (tertiary/aromatic N) is 3. The number of rotatable bonds is 3. The molecule has 1 atom stereocenters. The number of pyridine rings is 1. The molecule has 3 heterocycles. The topological polar surface area (TPSA) is 42.7 Å². The zero-order valence-electron chi connectivity index (χ0n) is 10.2. The first kappa shape index (κ1) is 10.7. The van der Waals surface area contributed by atoms with Gasteiger partial charge in [-0.15, -0.1) is 0 Å². The molecule has 1 saturated heterocycles. The van der Waals surface area contributed by atoms with Crippen LogP contribution in [0.3, 0.4) is 0 Å². The average molecular weight is 230 g/mol. The lowest BCUT2D eigenvalue weighted by Gasteiger charge is -2.07. The lowest BCUT2D eigenvalue weighted by Crippen LogP contribution is -2.10. The number of aromatic nitrogens is 3. The molecule has 90 valence electrons. The van der Waals surface area contributed by atoms with Crippen molar-refractivity contribution in [2.75, 3.05) is 13.1 Å². The molecule has 1 aliphatic rings. The maximum atomic E-state index is 4.65. The molecule has 4 nitrogen and oxygen atoms in total. The van der Waals surface area contributed by atoms with Crippen molar-refractivity contribution >= 4 is 11.2 Å². The highest BCUT2D eigenvalue weighted by molar-refractivity contribution is 5.70. The molecule has 2 aromatic heterocycles. The van der Waals surface area contributed by atoms with E-state index < -0.39 is 0 Å². The molecule has 1 fully saturated rings. The minimum Gasteiger partial charge on any atom is -0.316 e. The smallest absolute Gasteiger partial charge is 0.159 e. The molecule has 0 amide bonds. The lowest BCUT2D eigenvalue weighted by molar-refractivity contribution is 0.520. The quantitative estimate of drug-likeness (QED) is 0.869. The highest BCUT2D eigenvalue weighted by Crippen LogP contribution is 2.18. The van der Waals surface area contributed by atoms with Crippen LogP contribution < -0.4 is 5.32 Å². The molecule has 17 heavy (non-hydrogen) atoms. The number of imidazole rings is 1. The van der Waals surface area contributed by atoms with Crippen LogP contribution in [0.25, 0.3) is 11.2 Å². The molecule has 2 aromatic rings. The second-order valence-electron chi connectivity index (χ2n) is 4.83. The van der Waals surface area contributed by atoms with E-state index in [9.17, 15) is 0 Å². The molecular formula is C13H18N4. The molecule has 1 aliphatic heterocycles. The van der Waals surface area contributed by atoms with Crippen molar-refractivity contribution in [2.45, 2.75) is 19.3 Å². The summed E-state index contributed by atoms with van der Waals surface area (Å²) in [6, 6.07) is 3.98. The number of hydrogen-bond acceptors (Lipinski definition) is 3. The standard InChI is InChI=1S/C13H18N4/c1-17-12(5-4-10-6-8-14-9-10)16-11-3-2-7-15-13(11)17/h2-3,7,10,14H,4-6,8-9H2,1H3. The third-order valence-electron chi connectivity index (χ3n) is 3.66. The van der Waals surface area contributed by atoms with E-state index in [-0.39, 0.29) is 0 Å². The van der Waals surface area contributed by atoms with E-state index in [4.69, 9.17) is 0 Å². The number of nitrogens with one attached hydrogen (secondary N) is 1. The van der Waals surface area contributed by atoms with Crippen LogP contribution in [0.2, 0.25) is 0 Å². The summed E-state index contributed by atoms with van der Waals surface area (Å²) in [5, 5.41) is 3.41. The fourth-order valence-electron chi connectivity index (χ4n) is 2.59. The molecule has 0 bridgehead atoms. The van der Waals surface area contributed by atoms with E-state index in [1.807, 2.05) is 18.3 Å². The molecule has 0 radical (unpaired) electrons. The Labute approximate surface area is 101 Å². The summed E-state index contributed by atoms with van der Waals surface area (Å²) < 4.78 is 2.12. The summed E-state index contributed by atoms with van der Waals surface area (Å²) >= 11 is 0. The van der Waals surface area contributed by atoms with Gasteiger partial charge in [-0.25, -0.2) is 9.97 Å². The molecule has 0 aliphatic carbocycles. The van der Waals surface area contributed by atoms with E-state index in [1.54, 1.807) is 0 Å². The van der Waals surface area contributed by atoms with E-state index in [1.165, 1.54) is 25.9 Å². The number of hydrogen-bond donors (Lipinski definition) is 1. The summed E-state index contributed by atoms with van der Waals surface area (Å²) in [4.78, 5) is 9.02.